The van der Waals surface area contributed by atoms with E-state index in [4.69, 9.17) is 0 Å². The van der Waals surface area contributed by atoms with Gasteiger partial charge in [-0.3, -0.25) is 0 Å². The Balaban J connectivity index is 1.89. The number of nitrogens with one attached hydrogen (secondary N) is 1. The zero-order valence-corrected chi connectivity index (χ0v) is 13.3. The molecule has 4 heteroatoms. The summed E-state index contributed by atoms with van der Waals surface area (Å²) >= 11 is 0. The van der Waals surface area contributed by atoms with Gasteiger partial charge in [0.05, 0.1) is 6.10 Å². The SMILES string of the molecule is CNC(CCN1CCC(C(C)O)C1)c1ccc(C)c(F)c1. The minimum Gasteiger partial charge on any atom is -0.393 e. The van der Waals surface area contributed by atoms with Crippen LogP contribution in [0.1, 0.15) is 36.9 Å². The number of halogens is 1. The Morgan fingerprint density at radius 1 is 1.48 bits per heavy atom. The maximum atomic E-state index is 13.7. The summed E-state index contributed by atoms with van der Waals surface area (Å²) in [6.07, 6.45) is 1.80. The minimum absolute atomic E-state index is 0.136. The molecular weight excluding hydrogens is 267 g/mol. The second-order valence-electron chi connectivity index (χ2n) is 6.23. The molecule has 1 aromatic rings. The molecule has 1 aliphatic rings. The molecule has 0 bridgehead atoms. The maximum Gasteiger partial charge on any atom is 0.126 e. The molecule has 21 heavy (non-hydrogen) atoms. The van der Waals surface area contributed by atoms with Crippen LogP contribution in [0.25, 0.3) is 0 Å². The first-order chi connectivity index (χ1) is 10.0. The van der Waals surface area contributed by atoms with Crippen LogP contribution in [0.2, 0.25) is 0 Å². The van der Waals surface area contributed by atoms with Crippen molar-refractivity contribution >= 4 is 0 Å². The van der Waals surface area contributed by atoms with Crippen LogP contribution in [-0.4, -0.2) is 42.8 Å². The van der Waals surface area contributed by atoms with Gasteiger partial charge in [-0.05, 0) is 69.9 Å². The van der Waals surface area contributed by atoms with Gasteiger partial charge in [-0.2, -0.15) is 0 Å². The molecule has 2 rings (SSSR count). The predicted octanol–water partition coefficient (Wildman–Crippen LogP) is 2.49. The van der Waals surface area contributed by atoms with Crippen LogP contribution in [0.5, 0.6) is 0 Å². The third-order valence-electron chi connectivity index (χ3n) is 4.67. The van der Waals surface area contributed by atoms with Crippen LogP contribution in [0, 0.1) is 18.7 Å². The van der Waals surface area contributed by atoms with Crippen molar-refractivity contribution in [2.24, 2.45) is 5.92 Å². The predicted molar refractivity (Wildman–Crippen MR) is 83.8 cm³/mol. The third-order valence-corrected chi connectivity index (χ3v) is 4.67. The van der Waals surface area contributed by atoms with Crippen LogP contribution in [-0.2, 0) is 0 Å². The highest BCUT2D eigenvalue weighted by atomic mass is 19.1. The molecule has 1 saturated heterocycles. The quantitative estimate of drug-likeness (QED) is 0.846. The number of aryl methyl sites for hydroxylation is 1. The first kappa shape index (κ1) is 16.4. The molecule has 0 aliphatic carbocycles. The Kier molecular flexibility index (Phi) is 5.73. The minimum atomic E-state index is -0.221. The second kappa shape index (κ2) is 7.34. The van der Waals surface area contributed by atoms with E-state index < -0.39 is 0 Å². The summed E-state index contributed by atoms with van der Waals surface area (Å²) < 4.78 is 13.7. The molecule has 0 radical (unpaired) electrons. The molecule has 3 unspecified atom stereocenters. The van der Waals surface area contributed by atoms with E-state index >= 15 is 0 Å². The molecule has 1 aliphatic heterocycles. The van der Waals surface area contributed by atoms with Crippen molar-refractivity contribution in [3.63, 3.8) is 0 Å². The van der Waals surface area contributed by atoms with Crippen molar-refractivity contribution in [1.82, 2.24) is 10.2 Å². The van der Waals surface area contributed by atoms with Crippen molar-refractivity contribution in [3.05, 3.63) is 35.1 Å². The Morgan fingerprint density at radius 2 is 2.24 bits per heavy atom. The van der Waals surface area contributed by atoms with Crippen LogP contribution in [0.4, 0.5) is 4.39 Å². The summed E-state index contributed by atoms with van der Waals surface area (Å²) in [7, 11) is 1.92. The average Bonchev–Trinajstić information content (AvgIpc) is 2.92. The zero-order valence-electron chi connectivity index (χ0n) is 13.3. The van der Waals surface area contributed by atoms with E-state index in [9.17, 15) is 9.50 Å². The summed E-state index contributed by atoms with van der Waals surface area (Å²) in [6, 6.07) is 5.65. The maximum absolute atomic E-state index is 13.7. The Bertz CT molecular complexity index is 464. The third kappa shape index (κ3) is 4.25. The first-order valence-electron chi connectivity index (χ1n) is 7.85. The summed E-state index contributed by atoms with van der Waals surface area (Å²) in [5.74, 6) is 0.262. The van der Waals surface area contributed by atoms with Gasteiger partial charge in [0.1, 0.15) is 5.82 Å². The molecule has 118 valence electrons. The highest BCUT2D eigenvalue weighted by Gasteiger charge is 2.26. The van der Waals surface area contributed by atoms with Crippen molar-refractivity contribution in [2.45, 2.75) is 38.8 Å². The number of aliphatic hydroxyl groups is 1. The number of hydrogen-bond donors (Lipinski definition) is 2. The largest absolute Gasteiger partial charge is 0.393 e. The van der Waals surface area contributed by atoms with Gasteiger partial charge in [0.2, 0.25) is 0 Å². The lowest BCUT2D eigenvalue weighted by molar-refractivity contribution is 0.127. The summed E-state index contributed by atoms with van der Waals surface area (Å²) in [6.45, 7) is 6.66. The number of benzene rings is 1. The number of nitrogens with zero attached hydrogens (tertiary/aromatic N) is 1. The highest BCUT2D eigenvalue weighted by Crippen LogP contribution is 2.23. The summed E-state index contributed by atoms with van der Waals surface area (Å²) in [5, 5.41) is 12.9. The van der Waals surface area contributed by atoms with Gasteiger partial charge in [-0.15, -0.1) is 0 Å². The summed E-state index contributed by atoms with van der Waals surface area (Å²) in [5.41, 5.74) is 1.69. The van der Waals surface area contributed by atoms with Crippen LogP contribution < -0.4 is 5.32 Å². The molecule has 3 nitrogen and oxygen atoms in total. The fourth-order valence-electron chi connectivity index (χ4n) is 3.07. The highest BCUT2D eigenvalue weighted by molar-refractivity contribution is 5.25. The lowest BCUT2D eigenvalue weighted by Gasteiger charge is -2.22. The fraction of sp³-hybridized carbons (Fsp3) is 0.647. The van der Waals surface area contributed by atoms with E-state index in [1.165, 1.54) is 0 Å². The Morgan fingerprint density at radius 3 is 2.81 bits per heavy atom. The molecule has 1 aromatic carbocycles. The van der Waals surface area contributed by atoms with Gasteiger partial charge < -0.3 is 15.3 Å². The average molecular weight is 294 g/mol. The van der Waals surface area contributed by atoms with Crippen LogP contribution in [0.15, 0.2) is 18.2 Å². The molecule has 0 saturated carbocycles. The molecular formula is C17H27FN2O. The smallest absolute Gasteiger partial charge is 0.126 e. The van der Waals surface area contributed by atoms with Gasteiger partial charge in [0, 0.05) is 12.6 Å². The van der Waals surface area contributed by atoms with E-state index in [2.05, 4.69) is 10.2 Å². The van der Waals surface area contributed by atoms with Gasteiger partial charge in [-0.25, -0.2) is 4.39 Å². The van der Waals surface area contributed by atoms with Crippen LogP contribution in [0.3, 0.4) is 0 Å². The molecule has 3 atom stereocenters. The fourth-order valence-corrected chi connectivity index (χ4v) is 3.07. The van der Waals surface area contributed by atoms with Crippen molar-refractivity contribution in [2.75, 3.05) is 26.7 Å². The number of hydrogen-bond acceptors (Lipinski definition) is 3. The van der Waals surface area contributed by atoms with E-state index in [1.54, 1.807) is 13.0 Å². The Labute approximate surface area is 127 Å². The van der Waals surface area contributed by atoms with Gasteiger partial charge >= 0.3 is 0 Å². The molecule has 2 N–H and O–H groups in total. The normalized spacial score (nSPS) is 22.4. The second-order valence-corrected chi connectivity index (χ2v) is 6.23. The van der Waals surface area contributed by atoms with Crippen molar-refractivity contribution in [3.8, 4) is 0 Å². The lowest BCUT2D eigenvalue weighted by atomic mass is 10.0. The van der Waals surface area contributed by atoms with Gasteiger partial charge in [0.15, 0.2) is 0 Å². The lowest BCUT2D eigenvalue weighted by Crippen LogP contribution is -2.28. The van der Waals surface area contributed by atoms with Crippen molar-refractivity contribution in [1.29, 1.82) is 0 Å². The molecule has 0 aromatic heterocycles. The number of rotatable bonds is 6. The monoisotopic (exact) mass is 294 g/mol. The van der Waals surface area contributed by atoms with E-state index in [0.717, 1.165) is 38.0 Å². The first-order valence-corrected chi connectivity index (χ1v) is 7.85. The molecule has 1 heterocycles. The van der Waals surface area contributed by atoms with Gasteiger partial charge in [-0.1, -0.05) is 12.1 Å². The number of likely N-dealkylation sites (tertiary alicyclic amines) is 1. The van der Waals surface area contributed by atoms with E-state index in [1.807, 2.05) is 26.1 Å². The van der Waals surface area contributed by atoms with E-state index in [0.29, 0.717) is 11.5 Å². The van der Waals surface area contributed by atoms with E-state index in [-0.39, 0.29) is 18.0 Å². The van der Waals surface area contributed by atoms with Gasteiger partial charge in [0.25, 0.3) is 0 Å². The Hall–Kier alpha value is -0.970. The summed E-state index contributed by atoms with van der Waals surface area (Å²) in [4.78, 5) is 2.40. The van der Waals surface area contributed by atoms with Crippen molar-refractivity contribution < 1.29 is 9.50 Å². The topological polar surface area (TPSA) is 35.5 Å². The molecule has 1 fully saturated rings. The van der Waals surface area contributed by atoms with Crippen LogP contribution >= 0.6 is 0 Å². The molecule has 0 amide bonds. The standard InChI is InChI=1S/C17H27FN2O/c1-12-4-5-14(10-16(12)18)17(19-3)7-9-20-8-6-15(11-20)13(2)21/h4-5,10,13,15,17,19,21H,6-9,11H2,1-3H3. The molecule has 0 spiro atoms. The number of aliphatic hydroxyl groups excluding tert-OH is 1. The zero-order chi connectivity index (χ0) is 15.4.